The number of aliphatic carboxylic acids is 1. The number of phenolic OH excluding ortho intramolecular Hbond substituents is 1. The number of ketones is 1. The molecule has 0 amide bonds. The van der Waals surface area contributed by atoms with Gasteiger partial charge in [-0.1, -0.05) is 34.1 Å². The smallest absolute Gasteiger partial charge is 0.336 e. The number of Topliss-reactive ketones (excluding diaryl/α,β-unsaturated/α-hetero) is 1. The minimum Gasteiger partial charge on any atom is -0.508 e. The normalized spacial score (nSPS) is 22.7. The van der Waals surface area contributed by atoms with E-state index in [4.69, 9.17) is 9.84 Å². The zero-order valence-electron chi connectivity index (χ0n) is 21.0. The Morgan fingerprint density at radius 1 is 1.25 bits per heavy atom. The molecule has 3 saturated carbocycles. The summed E-state index contributed by atoms with van der Waals surface area (Å²) in [7, 11) is 0. The molecule has 3 atom stereocenters. The van der Waals surface area contributed by atoms with Crippen LogP contribution in [0.1, 0.15) is 76.8 Å². The van der Waals surface area contributed by atoms with E-state index in [1.54, 1.807) is 12.1 Å². The number of hydrogen-bond donors (Lipinski definition) is 2. The van der Waals surface area contributed by atoms with Crippen molar-refractivity contribution in [3.8, 4) is 11.5 Å². The number of rotatable bonds is 11. The van der Waals surface area contributed by atoms with E-state index in [9.17, 15) is 29.6 Å². The molecule has 1 aromatic carbocycles. The van der Waals surface area contributed by atoms with Crippen LogP contribution in [0.3, 0.4) is 0 Å². The van der Waals surface area contributed by atoms with Gasteiger partial charge in [0.2, 0.25) is 0 Å². The zero-order valence-corrected chi connectivity index (χ0v) is 21.0. The summed E-state index contributed by atoms with van der Waals surface area (Å²) in [5.41, 5.74) is 0.333. The summed E-state index contributed by atoms with van der Waals surface area (Å²) in [5, 5.41) is 29.5. The number of carbonyl (C=O) groups is 3. The van der Waals surface area contributed by atoms with Gasteiger partial charge < -0.3 is 19.8 Å². The molecule has 0 heterocycles. The molecule has 0 aromatic heterocycles. The molecular formula is C26H33NO9. The van der Waals surface area contributed by atoms with Crippen molar-refractivity contribution < 1.29 is 39.3 Å². The van der Waals surface area contributed by atoms with Crippen molar-refractivity contribution in [2.45, 2.75) is 71.1 Å². The quantitative estimate of drug-likeness (QED) is 0.112. The standard InChI is InChI=1S/C26H33NO9/c1-25(2,9-5-6-10-35-27(33)34)15-11-20(29)24(21(12-15)36-23(32)8-7-22(30)31)16-13-19(28)18-14-17(16)26(18,3)4/h7-8,11-12,16-18,29H,5-6,9-10,13-14H2,1-4H3,(H,30,31)/b8-7+/t16-,17+,18+/m0/s1. The van der Waals surface area contributed by atoms with Gasteiger partial charge in [0.05, 0.1) is 6.61 Å². The van der Waals surface area contributed by atoms with E-state index in [0.29, 0.717) is 42.9 Å². The van der Waals surface area contributed by atoms with Crippen molar-refractivity contribution in [3.63, 3.8) is 0 Å². The van der Waals surface area contributed by atoms with Gasteiger partial charge in [-0.15, -0.1) is 10.1 Å². The van der Waals surface area contributed by atoms with Crippen LogP contribution < -0.4 is 4.74 Å². The summed E-state index contributed by atoms with van der Waals surface area (Å²) in [5.74, 6) is -2.28. The molecule has 4 rings (SSSR count). The van der Waals surface area contributed by atoms with Crippen LogP contribution in [0.4, 0.5) is 0 Å². The minimum absolute atomic E-state index is 0.0112. The molecule has 2 N–H and O–H groups in total. The molecule has 3 aliphatic carbocycles. The highest BCUT2D eigenvalue weighted by Gasteiger charge is 2.59. The van der Waals surface area contributed by atoms with Gasteiger partial charge in [-0.2, -0.15) is 0 Å². The number of carboxylic acid groups (broad SMARTS) is 1. The van der Waals surface area contributed by atoms with Crippen LogP contribution in [0.25, 0.3) is 0 Å². The van der Waals surface area contributed by atoms with Gasteiger partial charge in [0.15, 0.2) is 0 Å². The molecule has 36 heavy (non-hydrogen) atoms. The molecule has 0 saturated heterocycles. The van der Waals surface area contributed by atoms with Gasteiger partial charge >= 0.3 is 11.9 Å². The number of benzene rings is 1. The fourth-order valence-electron chi connectivity index (χ4n) is 5.69. The number of phenols is 1. The second-order valence-corrected chi connectivity index (χ2v) is 10.9. The molecule has 0 unspecified atom stereocenters. The van der Waals surface area contributed by atoms with Crippen LogP contribution in [0.5, 0.6) is 11.5 Å². The van der Waals surface area contributed by atoms with E-state index < -0.39 is 22.4 Å². The first-order valence-electron chi connectivity index (χ1n) is 12.0. The van der Waals surface area contributed by atoms with Crippen molar-refractivity contribution in [3.05, 3.63) is 45.5 Å². The first-order valence-corrected chi connectivity index (χ1v) is 12.0. The molecular weight excluding hydrogens is 470 g/mol. The Labute approximate surface area is 209 Å². The Morgan fingerprint density at radius 3 is 2.53 bits per heavy atom. The van der Waals surface area contributed by atoms with Crippen LogP contribution in [-0.4, -0.2) is 39.6 Å². The molecule has 3 aliphatic rings. The van der Waals surface area contributed by atoms with E-state index in [-0.39, 0.29) is 53.5 Å². The first-order chi connectivity index (χ1) is 16.7. The van der Waals surface area contributed by atoms with Gasteiger partial charge in [-0.05, 0) is 53.7 Å². The fraction of sp³-hybridized carbons (Fsp3) is 0.577. The van der Waals surface area contributed by atoms with Crippen LogP contribution >= 0.6 is 0 Å². The maximum absolute atomic E-state index is 12.8. The fourth-order valence-corrected chi connectivity index (χ4v) is 5.69. The predicted molar refractivity (Wildman–Crippen MR) is 128 cm³/mol. The summed E-state index contributed by atoms with van der Waals surface area (Å²) in [6.45, 7) is 7.94. The largest absolute Gasteiger partial charge is 0.508 e. The Morgan fingerprint density at radius 2 is 1.94 bits per heavy atom. The van der Waals surface area contributed by atoms with E-state index in [1.165, 1.54) is 0 Å². The summed E-state index contributed by atoms with van der Waals surface area (Å²) in [6.07, 6.45) is 4.12. The van der Waals surface area contributed by atoms with Crippen molar-refractivity contribution in [1.29, 1.82) is 0 Å². The molecule has 10 nitrogen and oxygen atoms in total. The Kier molecular flexibility index (Phi) is 7.76. The van der Waals surface area contributed by atoms with Gasteiger partial charge in [0, 0.05) is 36.0 Å². The monoisotopic (exact) mass is 503 g/mol. The highest BCUT2D eigenvalue weighted by Crippen LogP contribution is 2.64. The topological polar surface area (TPSA) is 153 Å². The number of hydrogen-bond acceptors (Lipinski definition) is 8. The van der Waals surface area contributed by atoms with Gasteiger partial charge in [0.25, 0.3) is 5.09 Å². The molecule has 0 spiro atoms. The molecule has 3 fully saturated rings. The summed E-state index contributed by atoms with van der Waals surface area (Å²) in [6, 6.07) is 3.28. The number of aromatic hydroxyl groups is 1. The second kappa shape index (κ2) is 10.3. The SMILES string of the molecule is CC(C)(CCCCO[N+](=O)[O-])c1cc(O)c([C@H]2CC(=O)[C@H]3C[C@H]2C3(C)C)c(OC(=O)/C=C/C(=O)O)c1. The number of nitrogens with zero attached hydrogens (tertiary/aromatic N) is 1. The van der Waals surface area contributed by atoms with E-state index in [0.717, 1.165) is 6.08 Å². The lowest BCUT2D eigenvalue weighted by molar-refractivity contribution is -0.757. The Bertz CT molecular complexity index is 1090. The number of fused-ring (bicyclic) bond motifs is 2. The average Bonchev–Trinajstić information content (AvgIpc) is 2.76. The predicted octanol–water partition coefficient (Wildman–Crippen LogP) is 4.31. The number of unbranched alkanes of at least 4 members (excludes halogenated alkanes) is 1. The van der Waals surface area contributed by atoms with Gasteiger partial charge in [-0.25, -0.2) is 9.59 Å². The average molecular weight is 504 g/mol. The van der Waals surface area contributed by atoms with E-state index >= 15 is 0 Å². The lowest BCUT2D eigenvalue weighted by Crippen LogP contribution is -2.56. The van der Waals surface area contributed by atoms with Crippen LogP contribution in [0.2, 0.25) is 0 Å². The number of carbonyl (C=O) groups excluding carboxylic acids is 2. The third kappa shape index (κ3) is 5.68. The second-order valence-electron chi connectivity index (χ2n) is 10.9. The molecule has 10 heteroatoms. The van der Waals surface area contributed by atoms with Crippen LogP contribution in [0, 0.1) is 27.4 Å². The lowest BCUT2D eigenvalue weighted by atomic mass is 9.44. The molecule has 2 bridgehead atoms. The zero-order chi connectivity index (χ0) is 26.8. The van der Waals surface area contributed by atoms with E-state index in [2.05, 4.69) is 4.84 Å². The summed E-state index contributed by atoms with van der Waals surface area (Å²) in [4.78, 5) is 50.7. The number of carboxylic acids is 1. The summed E-state index contributed by atoms with van der Waals surface area (Å²) < 4.78 is 5.55. The molecule has 1 aromatic rings. The third-order valence-electron chi connectivity index (χ3n) is 7.88. The van der Waals surface area contributed by atoms with Crippen molar-refractivity contribution in [2.24, 2.45) is 17.3 Å². The Balaban J connectivity index is 1.93. The molecule has 196 valence electrons. The highest BCUT2D eigenvalue weighted by molar-refractivity contribution is 5.92. The maximum atomic E-state index is 12.8. The van der Waals surface area contributed by atoms with Crippen molar-refractivity contribution in [2.75, 3.05) is 6.61 Å². The van der Waals surface area contributed by atoms with Crippen molar-refractivity contribution >= 4 is 17.7 Å². The highest BCUT2D eigenvalue weighted by atomic mass is 16.9. The maximum Gasteiger partial charge on any atom is 0.336 e. The number of ether oxygens (including phenoxy) is 1. The van der Waals surface area contributed by atoms with Crippen LogP contribution in [0.15, 0.2) is 24.3 Å². The molecule has 0 aliphatic heterocycles. The first kappa shape index (κ1) is 27.2. The summed E-state index contributed by atoms with van der Waals surface area (Å²) >= 11 is 0. The van der Waals surface area contributed by atoms with Gasteiger partial charge in [-0.3, -0.25) is 4.79 Å². The molecule has 0 radical (unpaired) electrons. The van der Waals surface area contributed by atoms with Crippen LogP contribution in [-0.2, 0) is 24.6 Å². The van der Waals surface area contributed by atoms with Crippen molar-refractivity contribution in [1.82, 2.24) is 0 Å². The van der Waals surface area contributed by atoms with Gasteiger partial charge in [0.1, 0.15) is 17.3 Å². The van der Waals surface area contributed by atoms with E-state index in [1.807, 2.05) is 27.7 Å². The minimum atomic E-state index is -1.30. The lowest BCUT2D eigenvalue weighted by Gasteiger charge is -2.59. The number of esters is 1. The Hall–Kier alpha value is -3.43. The third-order valence-corrected chi connectivity index (χ3v) is 7.88.